The van der Waals surface area contributed by atoms with Crippen LogP contribution in [0.15, 0.2) is 48.7 Å². The highest BCUT2D eigenvalue weighted by Crippen LogP contribution is 2.25. The van der Waals surface area contributed by atoms with Gasteiger partial charge in [0.1, 0.15) is 0 Å². The second-order valence-corrected chi connectivity index (χ2v) is 7.35. The lowest BCUT2D eigenvalue weighted by atomic mass is 9.95. The lowest BCUT2D eigenvalue weighted by molar-refractivity contribution is -0.145. The van der Waals surface area contributed by atoms with Gasteiger partial charge in [0.15, 0.2) is 0 Å². The number of likely N-dealkylation sites (tertiary alicyclic amines) is 1. The van der Waals surface area contributed by atoms with E-state index in [-0.39, 0.29) is 12.5 Å². The van der Waals surface area contributed by atoms with Gasteiger partial charge in [0.05, 0.1) is 24.1 Å². The minimum Gasteiger partial charge on any atom is -0.481 e. The van der Waals surface area contributed by atoms with Gasteiger partial charge in [-0.3, -0.25) is 19.5 Å². The van der Waals surface area contributed by atoms with Gasteiger partial charge in [-0.2, -0.15) is 0 Å². The number of aromatic nitrogens is 1. The molecule has 2 N–H and O–H groups in total. The van der Waals surface area contributed by atoms with E-state index in [0.29, 0.717) is 19.6 Å². The van der Waals surface area contributed by atoms with Crippen LogP contribution in [0.5, 0.6) is 0 Å². The molecule has 1 aliphatic heterocycles. The number of benzene rings is 1. The lowest BCUT2D eigenvalue weighted by Gasteiger charge is -2.16. The standard InChI is InChI=1S/C21H26N4O3/c1-24(2)17-8-9-22-16(10-17)11-23-20(26)18-13-25(14-19(18)21(27)28)12-15-6-4-3-5-7-15/h3-10,18-19H,11-14H2,1-2H3,(H,23,26)(H,27,28). The predicted molar refractivity (Wildman–Crippen MR) is 107 cm³/mol. The van der Waals surface area contributed by atoms with Crippen LogP contribution in [0.3, 0.4) is 0 Å². The maximum atomic E-state index is 12.7. The summed E-state index contributed by atoms with van der Waals surface area (Å²) in [4.78, 5) is 32.7. The summed E-state index contributed by atoms with van der Waals surface area (Å²) in [5.41, 5.74) is 2.85. The molecule has 2 heterocycles. The molecule has 28 heavy (non-hydrogen) atoms. The maximum Gasteiger partial charge on any atom is 0.308 e. The van der Waals surface area contributed by atoms with Crippen LogP contribution in [0.4, 0.5) is 5.69 Å². The second kappa shape index (κ2) is 8.84. The summed E-state index contributed by atoms with van der Waals surface area (Å²) < 4.78 is 0. The summed E-state index contributed by atoms with van der Waals surface area (Å²) >= 11 is 0. The van der Waals surface area contributed by atoms with Crippen molar-refractivity contribution >= 4 is 17.6 Å². The summed E-state index contributed by atoms with van der Waals surface area (Å²) in [7, 11) is 3.88. The highest BCUT2D eigenvalue weighted by molar-refractivity contribution is 5.85. The van der Waals surface area contributed by atoms with Crippen LogP contribution >= 0.6 is 0 Å². The van der Waals surface area contributed by atoms with Crippen LogP contribution < -0.4 is 10.2 Å². The van der Waals surface area contributed by atoms with Crippen LogP contribution in [-0.4, -0.2) is 54.1 Å². The van der Waals surface area contributed by atoms with Crippen molar-refractivity contribution in [3.63, 3.8) is 0 Å². The summed E-state index contributed by atoms with van der Waals surface area (Å²) in [6.45, 7) is 1.72. The number of hydrogen-bond acceptors (Lipinski definition) is 5. The molecule has 1 aromatic carbocycles. The Labute approximate surface area is 165 Å². The third kappa shape index (κ3) is 4.86. The highest BCUT2D eigenvalue weighted by Gasteiger charge is 2.41. The Kier molecular flexibility index (Phi) is 6.26. The summed E-state index contributed by atoms with van der Waals surface area (Å²) in [6.07, 6.45) is 1.70. The molecular formula is C21H26N4O3. The largest absolute Gasteiger partial charge is 0.481 e. The first-order chi connectivity index (χ1) is 13.4. The fraction of sp³-hybridized carbons (Fsp3) is 0.381. The minimum absolute atomic E-state index is 0.236. The average Bonchev–Trinajstić information content (AvgIpc) is 3.11. The first kappa shape index (κ1) is 19.8. The maximum absolute atomic E-state index is 12.7. The summed E-state index contributed by atoms with van der Waals surface area (Å²) in [5, 5.41) is 12.4. The van der Waals surface area contributed by atoms with Gasteiger partial charge in [-0.05, 0) is 17.7 Å². The van der Waals surface area contributed by atoms with Gasteiger partial charge < -0.3 is 15.3 Å². The number of carbonyl (C=O) groups is 2. The zero-order valence-electron chi connectivity index (χ0n) is 16.2. The molecule has 1 saturated heterocycles. The number of amides is 1. The third-order valence-corrected chi connectivity index (χ3v) is 5.06. The number of aliphatic carboxylic acids is 1. The number of anilines is 1. The molecule has 2 unspecified atom stereocenters. The van der Waals surface area contributed by atoms with Crippen LogP contribution in [0.2, 0.25) is 0 Å². The van der Waals surface area contributed by atoms with Gasteiger partial charge in [-0.25, -0.2) is 0 Å². The number of carbonyl (C=O) groups excluding carboxylic acids is 1. The molecule has 0 aliphatic carbocycles. The van der Waals surface area contributed by atoms with Crippen molar-refractivity contribution in [1.29, 1.82) is 0 Å². The molecule has 7 heteroatoms. The summed E-state index contributed by atoms with van der Waals surface area (Å²) in [5.74, 6) is -2.44. The van der Waals surface area contributed by atoms with E-state index < -0.39 is 17.8 Å². The van der Waals surface area contributed by atoms with Crippen molar-refractivity contribution < 1.29 is 14.7 Å². The Hall–Kier alpha value is -2.93. The third-order valence-electron chi connectivity index (χ3n) is 5.06. The smallest absolute Gasteiger partial charge is 0.308 e. The van der Waals surface area contributed by atoms with E-state index in [0.717, 1.165) is 16.9 Å². The fourth-order valence-electron chi connectivity index (χ4n) is 3.52. The monoisotopic (exact) mass is 382 g/mol. The van der Waals surface area contributed by atoms with Gasteiger partial charge in [-0.15, -0.1) is 0 Å². The highest BCUT2D eigenvalue weighted by atomic mass is 16.4. The van der Waals surface area contributed by atoms with Crippen molar-refractivity contribution in [3.05, 3.63) is 59.9 Å². The molecule has 2 aromatic rings. The molecule has 1 fully saturated rings. The fourth-order valence-corrected chi connectivity index (χ4v) is 3.52. The van der Waals surface area contributed by atoms with E-state index in [9.17, 15) is 14.7 Å². The first-order valence-electron chi connectivity index (χ1n) is 9.33. The molecule has 0 radical (unpaired) electrons. The molecule has 148 valence electrons. The SMILES string of the molecule is CN(C)c1ccnc(CNC(=O)C2CN(Cc3ccccc3)CC2C(=O)O)c1. The number of carboxylic acid groups (broad SMARTS) is 1. The topological polar surface area (TPSA) is 85.8 Å². The Bertz CT molecular complexity index is 825. The molecular weight excluding hydrogens is 356 g/mol. The van der Waals surface area contributed by atoms with Gasteiger partial charge in [0.2, 0.25) is 5.91 Å². The van der Waals surface area contributed by atoms with E-state index in [1.165, 1.54) is 0 Å². The number of pyridine rings is 1. The van der Waals surface area contributed by atoms with E-state index in [1.807, 2.05) is 66.4 Å². The van der Waals surface area contributed by atoms with Gasteiger partial charge in [-0.1, -0.05) is 30.3 Å². The van der Waals surface area contributed by atoms with E-state index in [4.69, 9.17) is 0 Å². The number of nitrogens with zero attached hydrogens (tertiary/aromatic N) is 3. The number of rotatable bonds is 7. The van der Waals surface area contributed by atoms with E-state index in [1.54, 1.807) is 6.20 Å². The molecule has 2 atom stereocenters. The zero-order chi connectivity index (χ0) is 20.1. The van der Waals surface area contributed by atoms with Gasteiger partial charge in [0.25, 0.3) is 0 Å². The van der Waals surface area contributed by atoms with E-state index in [2.05, 4.69) is 10.3 Å². The zero-order valence-corrected chi connectivity index (χ0v) is 16.2. The lowest BCUT2D eigenvalue weighted by Crippen LogP contribution is -2.37. The average molecular weight is 382 g/mol. The minimum atomic E-state index is -0.927. The van der Waals surface area contributed by atoms with Crippen molar-refractivity contribution in [2.24, 2.45) is 11.8 Å². The van der Waals surface area contributed by atoms with Gasteiger partial charge in [0, 0.05) is 45.6 Å². The Morgan fingerprint density at radius 1 is 1.18 bits per heavy atom. The summed E-state index contributed by atoms with van der Waals surface area (Å²) in [6, 6.07) is 13.7. The second-order valence-electron chi connectivity index (χ2n) is 7.35. The Balaban J connectivity index is 1.62. The number of nitrogens with one attached hydrogen (secondary N) is 1. The molecule has 1 amide bonds. The number of carboxylic acids is 1. The van der Waals surface area contributed by atoms with Crippen LogP contribution in [0, 0.1) is 11.8 Å². The van der Waals surface area contributed by atoms with Crippen molar-refractivity contribution in [1.82, 2.24) is 15.2 Å². The first-order valence-corrected chi connectivity index (χ1v) is 9.33. The van der Waals surface area contributed by atoms with Gasteiger partial charge >= 0.3 is 5.97 Å². The van der Waals surface area contributed by atoms with Crippen molar-refractivity contribution in [2.45, 2.75) is 13.1 Å². The van der Waals surface area contributed by atoms with Crippen molar-refractivity contribution in [2.75, 3.05) is 32.1 Å². The molecule has 1 aliphatic rings. The van der Waals surface area contributed by atoms with E-state index >= 15 is 0 Å². The Morgan fingerprint density at radius 3 is 2.57 bits per heavy atom. The van der Waals surface area contributed by atoms with Crippen LogP contribution in [-0.2, 0) is 22.7 Å². The molecule has 0 bridgehead atoms. The molecule has 3 rings (SSSR count). The van der Waals surface area contributed by atoms with Crippen molar-refractivity contribution in [3.8, 4) is 0 Å². The Morgan fingerprint density at radius 2 is 1.89 bits per heavy atom. The predicted octanol–water partition coefficient (Wildman–Crippen LogP) is 1.60. The van der Waals surface area contributed by atoms with Crippen LogP contribution in [0.1, 0.15) is 11.3 Å². The quantitative estimate of drug-likeness (QED) is 0.757. The molecule has 7 nitrogen and oxygen atoms in total. The molecule has 0 saturated carbocycles. The molecule has 1 aromatic heterocycles. The van der Waals surface area contributed by atoms with Crippen LogP contribution in [0.25, 0.3) is 0 Å². The molecule has 0 spiro atoms. The number of hydrogen-bond donors (Lipinski definition) is 2. The normalized spacial score (nSPS) is 19.4.